The van der Waals surface area contributed by atoms with Crippen molar-refractivity contribution in [3.05, 3.63) is 47.5 Å². The third kappa shape index (κ3) is 3.29. The largest absolute Gasteiger partial charge is 0.480 e. The summed E-state index contributed by atoms with van der Waals surface area (Å²) >= 11 is 0. The Kier molecular flexibility index (Phi) is 5.02. The molecule has 1 unspecified atom stereocenters. The van der Waals surface area contributed by atoms with E-state index in [4.69, 9.17) is 0 Å². The molecular formula is C17H20FN3O3. The summed E-state index contributed by atoms with van der Waals surface area (Å²) in [6.45, 7) is 4.94. The number of carboxylic acid groups (broad SMARTS) is 1. The van der Waals surface area contributed by atoms with E-state index in [2.05, 4.69) is 10.4 Å². The van der Waals surface area contributed by atoms with Gasteiger partial charge in [-0.1, -0.05) is 25.5 Å². The fraction of sp³-hybridized carbons (Fsp3) is 0.353. The Morgan fingerprint density at radius 3 is 2.62 bits per heavy atom. The van der Waals surface area contributed by atoms with Crippen LogP contribution in [0.25, 0.3) is 5.69 Å². The zero-order valence-corrected chi connectivity index (χ0v) is 13.8. The van der Waals surface area contributed by atoms with Crippen LogP contribution < -0.4 is 5.32 Å². The van der Waals surface area contributed by atoms with Crippen LogP contribution in [0.15, 0.2) is 30.5 Å². The average Bonchev–Trinajstić information content (AvgIpc) is 2.89. The molecule has 7 heteroatoms. The van der Waals surface area contributed by atoms with Gasteiger partial charge in [-0.2, -0.15) is 5.10 Å². The Morgan fingerprint density at radius 1 is 1.38 bits per heavy atom. The maximum atomic E-state index is 13.9. The lowest BCUT2D eigenvalue weighted by Gasteiger charge is -2.25. The monoisotopic (exact) mass is 333 g/mol. The zero-order chi connectivity index (χ0) is 17.9. The number of aliphatic carboxylic acids is 1. The number of carboxylic acids is 1. The first-order valence-electron chi connectivity index (χ1n) is 7.65. The van der Waals surface area contributed by atoms with Crippen molar-refractivity contribution in [1.82, 2.24) is 15.1 Å². The van der Waals surface area contributed by atoms with Gasteiger partial charge in [-0.05, 0) is 32.4 Å². The maximum absolute atomic E-state index is 13.9. The summed E-state index contributed by atoms with van der Waals surface area (Å²) in [7, 11) is 0. The molecule has 0 saturated heterocycles. The average molecular weight is 333 g/mol. The normalized spacial score (nSPS) is 13.3. The number of rotatable bonds is 6. The second kappa shape index (κ2) is 6.82. The summed E-state index contributed by atoms with van der Waals surface area (Å²) in [6.07, 6.45) is 2.22. The van der Waals surface area contributed by atoms with E-state index in [1.165, 1.54) is 23.9 Å². The molecule has 2 N–H and O–H groups in total. The van der Waals surface area contributed by atoms with Crippen LogP contribution in [0.5, 0.6) is 0 Å². The van der Waals surface area contributed by atoms with E-state index in [0.717, 1.165) is 0 Å². The molecule has 0 saturated carbocycles. The minimum absolute atomic E-state index is 0.210. The van der Waals surface area contributed by atoms with E-state index in [-0.39, 0.29) is 11.3 Å². The number of nitrogens with one attached hydrogen (secondary N) is 1. The number of carbonyl (C=O) groups excluding carboxylic acids is 1. The molecule has 0 radical (unpaired) electrons. The highest BCUT2D eigenvalue weighted by Crippen LogP contribution is 2.19. The van der Waals surface area contributed by atoms with Gasteiger partial charge in [0.2, 0.25) is 0 Å². The van der Waals surface area contributed by atoms with Crippen molar-refractivity contribution in [1.29, 1.82) is 0 Å². The van der Waals surface area contributed by atoms with Crippen molar-refractivity contribution >= 4 is 11.9 Å². The summed E-state index contributed by atoms with van der Waals surface area (Å²) in [6, 6.07) is 6.09. The first-order valence-corrected chi connectivity index (χ1v) is 7.65. The summed E-state index contributed by atoms with van der Waals surface area (Å²) in [5.74, 6) is -2.11. The van der Waals surface area contributed by atoms with E-state index in [9.17, 15) is 19.1 Å². The van der Waals surface area contributed by atoms with Gasteiger partial charge in [-0.25, -0.2) is 13.9 Å². The van der Waals surface area contributed by atoms with Crippen LogP contribution in [0.3, 0.4) is 0 Å². The van der Waals surface area contributed by atoms with E-state index in [1.807, 2.05) is 6.92 Å². The third-order valence-corrected chi connectivity index (χ3v) is 3.95. The Bertz CT molecular complexity index is 772. The molecular weight excluding hydrogens is 313 g/mol. The Morgan fingerprint density at radius 2 is 2.04 bits per heavy atom. The lowest BCUT2D eigenvalue weighted by Crippen LogP contribution is -2.52. The van der Waals surface area contributed by atoms with Crippen LogP contribution in [0, 0.1) is 12.7 Å². The van der Waals surface area contributed by atoms with Gasteiger partial charge in [0.1, 0.15) is 17.0 Å². The van der Waals surface area contributed by atoms with Crippen LogP contribution in [0.4, 0.5) is 4.39 Å². The molecule has 0 bridgehead atoms. The Labute approximate surface area is 139 Å². The fourth-order valence-corrected chi connectivity index (χ4v) is 2.54. The molecule has 128 valence electrons. The van der Waals surface area contributed by atoms with Gasteiger partial charge in [-0.3, -0.25) is 4.79 Å². The number of amides is 1. The molecule has 1 atom stereocenters. The molecule has 6 nitrogen and oxygen atoms in total. The topological polar surface area (TPSA) is 84.2 Å². The Hall–Kier alpha value is -2.70. The standard InChI is InChI=1S/C17H20FN3O3/c1-4-9-17(3,16(23)24)20-15(22)12-10-19-21(11(12)2)14-8-6-5-7-13(14)18/h5-8,10H,4,9H2,1-3H3,(H,20,22)(H,23,24). The highest BCUT2D eigenvalue weighted by molar-refractivity contribution is 5.98. The molecule has 0 aliphatic rings. The number of halogens is 1. The van der Waals surface area contributed by atoms with Gasteiger partial charge >= 0.3 is 5.97 Å². The van der Waals surface area contributed by atoms with E-state index in [0.29, 0.717) is 18.5 Å². The molecule has 24 heavy (non-hydrogen) atoms. The van der Waals surface area contributed by atoms with Crippen molar-refractivity contribution in [3.8, 4) is 5.69 Å². The molecule has 0 spiro atoms. The quantitative estimate of drug-likeness (QED) is 0.851. The number of nitrogens with zero attached hydrogens (tertiary/aromatic N) is 2. The van der Waals surface area contributed by atoms with Gasteiger partial charge < -0.3 is 10.4 Å². The van der Waals surface area contributed by atoms with Crippen LogP contribution in [-0.4, -0.2) is 32.3 Å². The van der Waals surface area contributed by atoms with Crippen LogP contribution in [0.2, 0.25) is 0 Å². The summed E-state index contributed by atoms with van der Waals surface area (Å²) in [5.41, 5.74) is -0.495. The maximum Gasteiger partial charge on any atom is 0.329 e. The number of benzene rings is 1. The molecule has 0 aliphatic heterocycles. The van der Waals surface area contributed by atoms with Crippen molar-refractivity contribution in [2.75, 3.05) is 0 Å². The minimum atomic E-state index is -1.36. The van der Waals surface area contributed by atoms with Crippen LogP contribution in [-0.2, 0) is 4.79 Å². The molecule has 2 rings (SSSR count). The number of aromatic nitrogens is 2. The Balaban J connectivity index is 2.32. The van der Waals surface area contributed by atoms with Gasteiger partial charge in [0, 0.05) is 0 Å². The first kappa shape index (κ1) is 17.7. The summed E-state index contributed by atoms with van der Waals surface area (Å²) in [5, 5.41) is 16.0. The van der Waals surface area contributed by atoms with E-state index in [1.54, 1.807) is 25.1 Å². The summed E-state index contributed by atoms with van der Waals surface area (Å²) < 4.78 is 15.2. The molecule has 0 aliphatic carbocycles. The predicted molar refractivity (Wildman–Crippen MR) is 86.7 cm³/mol. The van der Waals surface area contributed by atoms with Crippen molar-refractivity contribution in [2.24, 2.45) is 0 Å². The third-order valence-electron chi connectivity index (χ3n) is 3.95. The molecule has 1 aromatic carbocycles. The number of hydrogen-bond acceptors (Lipinski definition) is 3. The lowest BCUT2D eigenvalue weighted by molar-refractivity contribution is -0.144. The lowest BCUT2D eigenvalue weighted by atomic mass is 9.96. The zero-order valence-electron chi connectivity index (χ0n) is 13.8. The van der Waals surface area contributed by atoms with E-state index >= 15 is 0 Å². The highest BCUT2D eigenvalue weighted by Gasteiger charge is 2.34. The fourth-order valence-electron chi connectivity index (χ4n) is 2.54. The van der Waals surface area contributed by atoms with Gasteiger partial charge in [0.05, 0.1) is 17.5 Å². The SMILES string of the molecule is CCCC(C)(NC(=O)c1cnn(-c2ccccc2F)c1C)C(=O)O. The van der Waals surface area contributed by atoms with E-state index < -0.39 is 23.2 Å². The number of carbonyl (C=O) groups is 2. The number of hydrogen-bond donors (Lipinski definition) is 2. The molecule has 0 fully saturated rings. The van der Waals surface area contributed by atoms with Crippen molar-refractivity contribution in [2.45, 2.75) is 39.2 Å². The molecule has 1 heterocycles. The van der Waals surface area contributed by atoms with Crippen molar-refractivity contribution in [3.63, 3.8) is 0 Å². The van der Waals surface area contributed by atoms with Crippen LogP contribution >= 0.6 is 0 Å². The predicted octanol–water partition coefficient (Wildman–Crippen LogP) is 2.69. The second-order valence-corrected chi connectivity index (χ2v) is 5.85. The first-order chi connectivity index (χ1) is 11.3. The smallest absolute Gasteiger partial charge is 0.329 e. The molecule has 1 amide bonds. The minimum Gasteiger partial charge on any atom is -0.480 e. The molecule has 1 aromatic heterocycles. The summed E-state index contributed by atoms with van der Waals surface area (Å²) in [4.78, 5) is 23.9. The van der Waals surface area contributed by atoms with Crippen molar-refractivity contribution < 1.29 is 19.1 Å². The highest BCUT2D eigenvalue weighted by atomic mass is 19.1. The van der Waals surface area contributed by atoms with Gasteiger partial charge in [-0.15, -0.1) is 0 Å². The second-order valence-electron chi connectivity index (χ2n) is 5.85. The molecule has 2 aromatic rings. The van der Waals surface area contributed by atoms with Gasteiger partial charge in [0.25, 0.3) is 5.91 Å². The van der Waals surface area contributed by atoms with Crippen LogP contribution in [0.1, 0.15) is 42.7 Å². The number of para-hydroxylation sites is 1. The van der Waals surface area contributed by atoms with Gasteiger partial charge in [0.15, 0.2) is 0 Å².